The molecule has 1 aliphatic rings. The van der Waals surface area contributed by atoms with Crippen LogP contribution in [0.15, 0.2) is 30.3 Å². The number of benzene rings is 1. The van der Waals surface area contributed by atoms with Gasteiger partial charge in [0, 0.05) is 30.9 Å². The molecule has 0 bridgehead atoms. The number of hydrogen-bond donors (Lipinski definition) is 2. The minimum atomic E-state index is 0.585. The zero-order valence-corrected chi connectivity index (χ0v) is 10.1. The molecule has 16 heavy (non-hydrogen) atoms. The zero-order chi connectivity index (χ0) is 11.4. The Morgan fingerprint density at radius 2 is 1.81 bits per heavy atom. The Morgan fingerprint density at radius 1 is 1.19 bits per heavy atom. The van der Waals surface area contributed by atoms with Crippen LogP contribution in [0.2, 0.25) is 0 Å². The summed E-state index contributed by atoms with van der Waals surface area (Å²) < 4.78 is 0. The first kappa shape index (κ1) is 11.4. The molecule has 1 aromatic carbocycles. The van der Waals surface area contributed by atoms with Crippen molar-refractivity contribution >= 4 is 5.69 Å². The molecular weight excluding hydrogens is 198 g/mol. The van der Waals surface area contributed by atoms with Crippen LogP contribution in [0, 0.1) is 0 Å². The molecule has 0 unspecified atom stereocenters. The topological polar surface area (TPSA) is 27.3 Å². The maximum Gasteiger partial charge on any atom is 0.0679 e. The van der Waals surface area contributed by atoms with Gasteiger partial charge in [-0.25, -0.2) is 0 Å². The Hall–Kier alpha value is -1.06. The Bertz CT molecular complexity index is 302. The number of anilines is 1. The standard InChI is InChI=1S/C13H21N3/c1-11-8-16(9-12(2)15-11)10-14-13-6-4-3-5-7-13/h3-7,11-12,14-15H,8-10H2,1-2H3/t11-,12+. The molecule has 1 aliphatic heterocycles. The Labute approximate surface area is 97.8 Å². The van der Waals surface area contributed by atoms with E-state index in [1.165, 1.54) is 5.69 Å². The predicted octanol–water partition coefficient (Wildman–Crippen LogP) is 1.74. The number of para-hydroxylation sites is 1. The van der Waals surface area contributed by atoms with Crippen molar-refractivity contribution in [1.82, 2.24) is 10.2 Å². The average Bonchev–Trinajstić information content (AvgIpc) is 2.27. The zero-order valence-electron chi connectivity index (χ0n) is 10.1. The summed E-state index contributed by atoms with van der Waals surface area (Å²) in [6.45, 7) is 7.64. The van der Waals surface area contributed by atoms with Crippen LogP contribution in [0.1, 0.15) is 13.8 Å². The number of nitrogens with one attached hydrogen (secondary N) is 2. The second kappa shape index (κ2) is 5.32. The van der Waals surface area contributed by atoms with Gasteiger partial charge in [-0.1, -0.05) is 18.2 Å². The normalized spacial score (nSPS) is 26.6. The van der Waals surface area contributed by atoms with E-state index in [0.29, 0.717) is 12.1 Å². The van der Waals surface area contributed by atoms with Gasteiger partial charge in [0.05, 0.1) is 6.67 Å². The number of hydrogen-bond acceptors (Lipinski definition) is 3. The largest absolute Gasteiger partial charge is 0.372 e. The Balaban J connectivity index is 1.81. The first-order valence-corrected chi connectivity index (χ1v) is 6.01. The summed E-state index contributed by atoms with van der Waals surface area (Å²) >= 11 is 0. The van der Waals surface area contributed by atoms with Crippen molar-refractivity contribution in [3.05, 3.63) is 30.3 Å². The third-order valence-corrected chi connectivity index (χ3v) is 2.91. The Kier molecular flexibility index (Phi) is 3.80. The van der Waals surface area contributed by atoms with E-state index in [1.807, 2.05) is 6.07 Å². The molecule has 0 aromatic heterocycles. The minimum Gasteiger partial charge on any atom is -0.372 e. The van der Waals surface area contributed by atoms with E-state index in [0.717, 1.165) is 19.8 Å². The maximum absolute atomic E-state index is 3.54. The quantitative estimate of drug-likeness (QED) is 0.811. The summed E-state index contributed by atoms with van der Waals surface area (Å²) in [7, 11) is 0. The van der Waals surface area contributed by atoms with Crippen LogP contribution in [0.3, 0.4) is 0 Å². The van der Waals surface area contributed by atoms with Gasteiger partial charge in [-0.05, 0) is 26.0 Å². The molecule has 0 amide bonds. The van der Waals surface area contributed by atoms with Crippen molar-refractivity contribution < 1.29 is 0 Å². The summed E-state index contributed by atoms with van der Waals surface area (Å²) in [6, 6.07) is 11.5. The van der Waals surface area contributed by atoms with Crippen LogP contribution in [-0.2, 0) is 0 Å². The fourth-order valence-corrected chi connectivity index (χ4v) is 2.33. The molecule has 0 aliphatic carbocycles. The van der Waals surface area contributed by atoms with Crippen molar-refractivity contribution in [1.29, 1.82) is 0 Å². The smallest absolute Gasteiger partial charge is 0.0679 e. The summed E-state index contributed by atoms with van der Waals surface area (Å²) in [5.41, 5.74) is 1.20. The van der Waals surface area contributed by atoms with Crippen molar-refractivity contribution in [2.24, 2.45) is 0 Å². The fraction of sp³-hybridized carbons (Fsp3) is 0.538. The number of rotatable bonds is 3. The summed E-state index contributed by atoms with van der Waals surface area (Å²) in [5, 5.41) is 6.99. The SMILES string of the molecule is C[C@@H]1CN(CNc2ccccc2)C[C@H](C)N1. The van der Waals surface area contributed by atoms with E-state index < -0.39 is 0 Å². The lowest BCUT2D eigenvalue weighted by Gasteiger charge is -2.36. The summed E-state index contributed by atoms with van der Waals surface area (Å²) in [4.78, 5) is 2.46. The van der Waals surface area contributed by atoms with Gasteiger partial charge in [-0.3, -0.25) is 4.90 Å². The van der Waals surface area contributed by atoms with Gasteiger partial charge in [0.1, 0.15) is 0 Å². The second-order valence-corrected chi connectivity index (χ2v) is 4.71. The first-order chi connectivity index (χ1) is 7.74. The molecule has 1 heterocycles. The highest BCUT2D eigenvalue weighted by Gasteiger charge is 2.19. The molecule has 88 valence electrons. The lowest BCUT2D eigenvalue weighted by Crippen LogP contribution is -2.55. The van der Waals surface area contributed by atoms with E-state index in [-0.39, 0.29) is 0 Å². The fourth-order valence-electron chi connectivity index (χ4n) is 2.33. The van der Waals surface area contributed by atoms with Gasteiger partial charge >= 0.3 is 0 Å². The lowest BCUT2D eigenvalue weighted by atomic mass is 10.1. The highest BCUT2D eigenvalue weighted by Crippen LogP contribution is 2.07. The molecule has 3 nitrogen and oxygen atoms in total. The molecule has 0 radical (unpaired) electrons. The van der Waals surface area contributed by atoms with E-state index in [4.69, 9.17) is 0 Å². The number of piperazine rings is 1. The van der Waals surface area contributed by atoms with Gasteiger partial charge in [0.15, 0.2) is 0 Å². The molecule has 1 aromatic rings. The van der Waals surface area contributed by atoms with E-state index >= 15 is 0 Å². The number of nitrogens with zero attached hydrogens (tertiary/aromatic N) is 1. The van der Waals surface area contributed by atoms with Gasteiger partial charge in [0.25, 0.3) is 0 Å². The maximum atomic E-state index is 3.54. The van der Waals surface area contributed by atoms with Crippen LogP contribution in [0.4, 0.5) is 5.69 Å². The van der Waals surface area contributed by atoms with Gasteiger partial charge in [0.2, 0.25) is 0 Å². The summed E-state index contributed by atoms with van der Waals surface area (Å²) in [6.07, 6.45) is 0. The summed E-state index contributed by atoms with van der Waals surface area (Å²) in [5.74, 6) is 0. The van der Waals surface area contributed by atoms with Crippen molar-refractivity contribution in [2.75, 3.05) is 25.1 Å². The third-order valence-electron chi connectivity index (χ3n) is 2.91. The predicted molar refractivity (Wildman–Crippen MR) is 68.6 cm³/mol. The minimum absolute atomic E-state index is 0.585. The van der Waals surface area contributed by atoms with Crippen LogP contribution in [0.25, 0.3) is 0 Å². The van der Waals surface area contributed by atoms with Gasteiger partial charge < -0.3 is 10.6 Å². The van der Waals surface area contributed by atoms with Gasteiger partial charge in [-0.2, -0.15) is 0 Å². The van der Waals surface area contributed by atoms with E-state index in [2.05, 4.69) is 53.6 Å². The Morgan fingerprint density at radius 3 is 2.44 bits per heavy atom. The molecule has 0 saturated carbocycles. The van der Waals surface area contributed by atoms with Crippen molar-refractivity contribution in [3.8, 4) is 0 Å². The molecule has 0 spiro atoms. The third kappa shape index (κ3) is 3.22. The monoisotopic (exact) mass is 219 g/mol. The van der Waals surface area contributed by atoms with Crippen LogP contribution in [-0.4, -0.2) is 36.7 Å². The molecule has 1 fully saturated rings. The van der Waals surface area contributed by atoms with Crippen LogP contribution >= 0.6 is 0 Å². The first-order valence-electron chi connectivity index (χ1n) is 6.01. The second-order valence-electron chi connectivity index (χ2n) is 4.71. The molecule has 1 saturated heterocycles. The van der Waals surface area contributed by atoms with E-state index in [1.54, 1.807) is 0 Å². The molecule has 2 N–H and O–H groups in total. The average molecular weight is 219 g/mol. The van der Waals surface area contributed by atoms with Crippen molar-refractivity contribution in [3.63, 3.8) is 0 Å². The van der Waals surface area contributed by atoms with Crippen LogP contribution < -0.4 is 10.6 Å². The molecule has 2 atom stereocenters. The lowest BCUT2D eigenvalue weighted by molar-refractivity contribution is 0.184. The molecular formula is C13H21N3. The highest BCUT2D eigenvalue weighted by atomic mass is 15.3. The molecule has 2 rings (SSSR count). The molecule has 3 heteroatoms. The van der Waals surface area contributed by atoms with E-state index in [9.17, 15) is 0 Å². The highest BCUT2D eigenvalue weighted by molar-refractivity contribution is 5.42. The van der Waals surface area contributed by atoms with Crippen LogP contribution in [0.5, 0.6) is 0 Å². The van der Waals surface area contributed by atoms with Crippen molar-refractivity contribution in [2.45, 2.75) is 25.9 Å². The van der Waals surface area contributed by atoms with Gasteiger partial charge in [-0.15, -0.1) is 0 Å².